The summed E-state index contributed by atoms with van der Waals surface area (Å²) >= 11 is 0. The molecule has 0 aromatic heterocycles. The highest BCUT2D eigenvalue weighted by Gasteiger charge is 2.31. The quantitative estimate of drug-likeness (QED) is 0.723. The lowest BCUT2D eigenvalue weighted by atomic mass is 9.98. The lowest BCUT2D eigenvalue weighted by Gasteiger charge is -2.31. The Kier molecular flexibility index (Phi) is 4.36. The van der Waals surface area contributed by atoms with E-state index in [1.165, 1.54) is 4.90 Å². The van der Waals surface area contributed by atoms with Gasteiger partial charge in [-0.2, -0.15) is 0 Å². The van der Waals surface area contributed by atoms with Crippen LogP contribution < -0.4 is 0 Å². The van der Waals surface area contributed by atoms with Crippen LogP contribution in [0.3, 0.4) is 0 Å². The molecular formula is C13H18N2O5. The summed E-state index contributed by atoms with van der Waals surface area (Å²) in [6.07, 6.45) is 1.77. The first-order valence-corrected chi connectivity index (χ1v) is 6.83. The molecule has 0 saturated carbocycles. The fraction of sp³-hybridized carbons (Fsp3) is 0.692. The van der Waals surface area contributed by atoms with E-state index in [2.05, 4.69) is 0 Å². The molecular weight excluding hydrogens is 264 g/mol. The zero-order valence-electron chi connectivity index (χ0n) is 11.2. The summed E-state index contributed by atoms with van der Waals surface area (Å²) in [6.45, 7) is 0.866. The van der Waals surface area contributed by atoms with Gasteiger partial charge in [-0.3, -0.25) is 24.1 Å². The van der Waals surface area contributed by atoms with E-state index < -0.39 is 11.9 Å². The van der Waals surface area contributed by atoms with Crippen LogP contribution >= 0.6 is 0 Å². The molecule has 2 fully saturated rings. The second kappa shape index (κ2) is 6.02. The van der Waals surface area contributed by atoms with Gasteiger partial charge in [-0.1, -0.05) is 0 Å². The van der Waals surface area contributed by atoms with E-state index in [9.17, 15) is 19.2 Å². The third-order valence-electron chi connectivity index (χ3n) is 3.83. The summed E-state index contributed by atoms with van der Waals surface area (Å²) in [5, 5.41) is 8.97. The standard InChI is InChI=1S/C13H18N2O5/c16-10(5-7-15-11(17)3-4-12(15)18)14-6-1-2-9(8-14)13(19)20/h9H,1-8H2,(H,19,20). The average molecular weight is 282 g/mol. The van der Waals surface area contributed by atoms with E-state index in [-0.39, 0.29) is 50.1 Å². The lowest BCUT2D eigenvalue weighted by Crippen LogP contribution is -2.43. The minimum Gasteiger partial charge on any atom is -0.481 e. The van der Waals surface area contributed by atoms with E-state index in [4.69, 9.17) is 5.11 Å². The largest absolute Gasteiger partial charge is 0.481 e. The van der Waals surface area contributed by atoms with Gasteiger partial charge in [-0.15, -0.1) is 0 Å². The number of amides is 3. The number of hydrogen-bond donors (Lipinski definition) is 1. The maximum Gasteiger partial charge on any atom is 0.308 e. The fourth-order valence-electron chi connectivity index (χ4n) is 2.64. The van der Waals surface area contributed by atoms with Crippen molar-refractivity contribution in [1.82, 2.24) is 9.80 Å². The Bertz CT molecular complexity index is 432. The number of aliphatic carboxylic acids is 1. The first kappa shape index (κ1) is 14.5. The smallest absolute Gasteiger partial charge is 0.308 e. The van der Waals surface area contributed by atoms with Crippen LogP contribution in [0.4, 0.5) is 0 Å². The summed E-state index contributed by atoms with van der Waals surface area (Å²) in [5.74, 6) is -2.05. The van der Waals surface area contributed by atoms with E-state index in [1.54, 1.807) is 0 Å². The molecule has 0 bridgehead atoms. The maximum atomic E-state index is 12.0. The van der Waals surface area contributed by atoms with Crippen molar-refractivity contribution in [1.29, 1.82) is 0 Å². The molecule has 0 aromatic carbocycles. The highest BCUT2D eigenvalue weighted by atomic mass is 16.4. The number of piperidine rings is 1. The molecule has 2 heterocycles. The molecule has 110 valence electrons. The van der Waals surface area contributed by atoms with Crippen molar-refractivity contribution in [3.05, 3.63) is 0 Å². The average Bonchev–Trinajstić information content (AvgIpc) is 2.75. The monoisotopic (exact) mass is 282 g/mol. The molecule has 0 spiro atoms. The third kappa shape index (κ3) is 3.15. The molecule has 7 nitrogen and oxygen atoms in total. The Morgan fingerprint density at radius 2 is 1.85 bits per heavy atom. The molecule has 20 heavy (non-hydrogen) atoms. The van der Waals surface area contributed by atoms with Crippen molar-refractivity contribution in [2.24, 2.45) is 5.92 Å². The maximum absolute atomic E-state index is 12.0. The minimum absolute atomic E-state index is 0.0732. The summed E-state index contributed by atoms with van der Waals surface area (Å²) in [5.41, 5.74) is 0. The van der Waals surface area contributed by atoms with E-state index in [1.807, 2.05) is 0 Å². The van der Waals surface area contributed by atoms with Crippen molar-refractivity contribution in [2.45, 2.75) is 32.1 Å². The van der Waals surface area contributed by atoms with Crippen LogP contribution in [0.2, 0.25) is 0 Å². The molecule has 1 N–H and O–H groups in total. The number of imide groups is 1. The van der Waals surface area contributed by atoms with Crippen LogP contribution in [0.5, 0.6) is 0 Å². The Balaban J connectivity index is 1.84. The number of carboxylic acids is 1. The number of likely N-dealkylation sites (tertiary alicyclic amines) is 2. The highest BCUT2D eigenvalue weighted by Crippen LogP contribution is 2.18. The molecule has 2 aliphatic rings. The number of hydrogen-bond acceptors (Lipinski definition) is 4. The number of nitrogens with zero attached hydrogens (tertiary/aromatic N) is 2. The van der Waals surface area contributed by atoms with E-state index in [0.717, 1.165) is 4.90 Å². The Hall–Kier alpha value is -1.92. The Labute approximate surface area is 116 Å². The van der Waals surface area contributed by atoms with Gasteiger partial charge < -0.3 is 10.0 Å². The van der Waals surface area contributed by atoms with Gasteiger partial charge in [0.15, 0.2) is 0 Å². The van der Waals surface area contributed by atoms with Gasteiger partial charge in [0, 0.05) is 38.9 Å². The Morgan fingerprint density at radius 1 is 1.20 bits per heavy atom. The number of carbonyl (C=O) groups excluding carboxylic acids is 3. The van der Waals surface area contributed by atoms with E-state index in [0.29, 0.717) is 19.4 Å². The normalized spacial score (nSPS) is 23.3. The molecule has 2 saturated heterocycles. The number of rotatable bonds is 4. The Morgan fingerprint density at radius 3 is 2.45 bits per heavy atom. The summed E-state index contributed by atoms with van der Waals surface area (Å²) < 4.78 is 0. The summed E-state index contributed by atoms with van der Waals surface area (Å²) in [7, 11) is 0. The van der Waals surface area contributed by atoms with Gasteiger partial charge >= 0.3 is 5.97 Å². The van der Waals surface area contributed by atoms with Gasteiger partial charge in [0.2, 0.25) is 17.7 Å². The summed E-state index contributed by atoms with van der Waals surface area (Å²) in [4.78, 5) is 48.4. The number of carbonyl (C=O) groups is 4. The second-order valence-electron chi connectivity index (χ2n) is 5.21. The molecule has 7 heteroatoms. The van der Waals surface area contributed by atoms with Crippen molar-refractivity contribution in [3.63, 3.8) is 0 Å². The molecule has 1 unspecified atom stereocenters. The van der Waals surface area contributed by atoms with Gasteiger partial charge in [-0.05, 0) is 12.8 Å². The van der Waals surface area contributed by atoms with Crippen LogP contribution in [-0.2, 0) is 19.2 Å². The van der Waals surface area contributed by atoms with Crippen molar-refractivity contribution < 1.29 is 24.3 Å². The second-order valence-corrected chi connectivity index (χ2v) is 5.21. The van der Waals surface area contributed by atoms with Crippen LogP contribution in [0.15, 0.2) is 0 Å². The molecule has 1 atom stereocenters. The van der Waals surface area contributed by atoms with Crippen LogP contribution in [0.1, 0.15) is 32.1 Å². The molecule has 3 amide bonds. The molecule has 0 aromatic rings. The van der Waals surface area contributed by atoms with Crippen LogP contribution in [0, 0.1) is 5.92 Å². The van der Waals surface area contributed by atoms with Gasteiger partial charge in [0.25, 0.3) is 0 Å². The SMILES string of the molecule is O=C(O)C1CCCN(C(=O)CCN2C(=O)CCC2=O)C1. The fourth-order valence-corrected chi connectivity index (χ4v) is 2.64. The van der Waals surface area contributed by atoms with Crippen molar-refractivity contribution in [2.75, 3.05) is 19.6 Å². The van der Waals surface area contributed by atoms with Crippen molar-refractivity contribution >= 4 is 23.7 Å². The van der Waals surface area contributed by atoms with Crippen LogP contribution in [0.25, 0.3) is 0 Å². The van der Waals surface area contributed by atoms with E-state index >= 15 is 0 Å². The molecule has 0 aliphatic carbocycles. The zero-order chi connectivity index (χ0) is 14.7. The number of carboxylic acid groups (broad SMARTS) is 1. The topological polar surface area (TPSA) is 95.0 Å². The predicted octanol–water partition coefficient (Wildman–Crippen LogP) is -0.151. The first-order chi connectivity index (χ1) is 9.49. The van der Waals surface area contributed by atoms with Crippen molar-refractivity contribution in [3.8, 4) is 0 Å². The first-order valence-electron chi connectivity index (χ1n) is 6.83. The molecule has 2 aliphatic heterocycles. The molecule has 2 rings (SSSR count). The molecule has 0 radical (unpaired) electrons. The highest BCUT2D eigenvalue weighted by molar-refractivity contribution is 6.02. The van der Waals surface area contributed by atoms with Gasteiger partial charge in [-0.25, -0.2) is 0 Å². The van der Waals surface area contributed by atoms with Gasteiger partial charge in [0.1, 0.15) is 0 Å². The predicted molar refractivity (Wildman–Crippen MR) is 67.5 cm³/mol. The summed E-state index contributed by atoms with van der Waals surface area (Å²) in [6, 6.07) is 0. The third-order valence-corrected chi connectivity index (χ3v) is 3.83. The minimum atomic E-state index is -0.882. The zero-order valence-corrected chi connectivity index (χ0v) is 11.2. The van der Waals surface area contributed by atoms with Gasteiger partial charge in [0.05, 0.1) is 5.92 Å². The van der Waals surface area contributed by atoms with Crippen LogP contribution in [-0.4, -0.2) is 58.2 Å². The lowest BCUT2D eigenvalue weighted by molar-refractivity contribution is -0.145.